The first-order chi connectivity index (χ1) is 9.76. The van der Waals surface area contributed by atoms with Gasteiger partial charge in [0.05, 0.1) is 11.1 Å². The largest absolute Gasteiger partial charge is 0.398 e. The van der Waals surface area contributed by atoms with Crippen LogP contribution in [-0.4, -0.2) is 4.98 Å². The van der Waals surface area contributed by atoms with Crippen LogP contribution in [0.1, 0.15) is 5.56 Å². The Bertz CT molecular complexity index is 818. The van der Waals surface area contributed by atoms with Crippen LogP contribution in [0.5, 0.6) is 0 Å². The van der Waals surface area contributed by atoms with Crippen LogP contribution in [0.4, 0.5) is 17.1 Å². The van der Waals surface area contributed by atoms with Crippen molar-refractivity contribution in [2.24, 2.45) is 0 Å². The molecule has 0 bridgehead atoms. The highest BCUT2D eigenvalue weighted by Gasteiger charge is 2.02. The Morgan fingerprint density at radius 1 is 1.05 bits per heavy atom. The fourth-order valence-electron chi connectivity index (χ4n) is 2.05. The number of fused-ring (bicyclic) bond motifs is 1. The van der Waals surface area contributed by atoms with E-state index in [1.54, 1.807) is 18.3 Å². The number of nitrogens with one attached hydrogen (secondary N) is 1. The highest BCUT2D eigenvalue weighted by atomic mass is 14.9. The van der Waals surface area contributed by atoms with E-state index in [1.165, 1.54) is 0 Å². The van der Waals surface area contributed by atoms with E-state index in [-0.39, 0.29) is 0 Å². The first-order valence-electron chi connectivity index (χ1n) is 6.18. The highest BCUT2D eigenvalue weighted by molar-refractivity contribution is 5.83. The Hall–Kier alpha value is -3.06. The van der Waals surface area contributed by atoms with E-state index in [4.69, 9.17) is 11.0 Å². The third kappa shape index (κ3) is 2.25. The van der Waals surface area contributed by atoms with Gasteiger partial charge in [-0.2, -0.15) is 5.26 Å². The molecule has 1 aromatic heterocycles. The minimum atomic E-state index is 0.470. The second-order valence-electron chi connectivity index (χ2n) is 4.45. The number of anilines is 3. The quantitative estimate of drug-likeness (QED) is 0.692. The monoisotopic (exact) mass is 260 g/mol. The zero-order valence-electron chi connectivity index (χ0n) is 10.7. The molecule has 3 N–H and O–H groups in total. The van der Waals surface area contributed by atoms with E-state index < -0.39 is 0 Å². The summed E-state index contributed by atoms with van der Waals surface area (Å²) in [6, 6.07) is 17.2. The summed E-state index contributed by atoms with van der Waals surface area (Å²) in [4.78, 5) is 4.28. The zero-order valence-corrected chi connectivity index (χ0v) is 10.7. The standard InChI is InChI=1S/C16H12N4/c17-10-12-9-13(3-5-15(12)18)20-14-4-6-16-11(8-14)2-1-7-19-16/h1-9,20H,18H2. The van der Waals surface area contributed by atoms with Crippen LogP contribution >= 0.6 is 0 Å². The van der Waals surface area contributed by atoms with Crippen molar-refractivity contribution in [2.75, 3.05) is 11.1 Å². The molecule has 0 radical (unpaired) electrons. The summed E-state index contributed by atoms with van der Waals surface area (Å²) in [6.45, 7) is 0. The minimum Gasteiger partial charge on any atom is -0.398 e. The summed E-state index contributed by atoms with van der Waals surface area (Å²) < 4.78 is 0. The Labute approximate surface area is 116 Å². The topological polar surface area (TPSA) is 74.7 Å². The molecule has 0 unspecified atom stereocenters. The van der Waals surface area contributed by atoms with Gasteiger partial charge in [-0.25, -0.2) is 0 Å². The molecule has 3 rings (SSSR count). The number of hydrogen-bond donors (Lipinski definition) is 2. The van der Waals surface area contributed by atoms with Crippen molar-refractivity contribution >= 4 is 28.0 Å². The van der Waals surface area contributed by atoms with E-state index in [9.17, 15) is 0 Å². The zero-order chi connectivity index (χ0) is 13.9. The maximum absolute atomic E-state index is 8.98. The molecule has 96 valence electrons. The third-order valence-electron chi connectivity index (χ3n) is 3.07. The number of aromatic nitrogens is 1. The predicted octanol–water partition coefficient (Wildman–Crippen LogP) is 3.43. The summed E-state index contributed by atoms with van der Waals surface area (Å²) in [5.74, 6) is 0. The van der Waals surface area contributed by atoms with Crippen molar-refractivity contribution in [3.8, 4) is 6.07 Å². The van der Waals surface area contributed by atoms with Crippen LogP contribution in [0.3, 0.4) is 0 Å². The van der Waals surface area contributed by atoms with E-state index in [0.29, 0.717) is 11.3 Å². The Morgan fingerprint density at radius 3 is 2.70 bits per heavy atom. The summed E-state index contributed by atoms with van der Waals surface area (Å²) in [5, 5.41) is 13.3. The van der Waals surface area contributed by atoms with Crippen molar-refractivity contribution in [2.45, 2.75) is 0 Å². The summed E-state index contributed by atoms with van der Waals surface area (Å²) in [7, 11) is 0. The normalized spacial score (nSPS) is 10.2. The molecule has 0 fully saturated rings. The van der Waals surface area contributed by atoms with Gasteiger partial charge in [0.2, 0.25) is 0 Å². The van der Waals surface area contributed by atoms with Crippen molar-refractivity contribution in [1.29, 1.82) is 5.26 Å². The fourth-order valence-corrected chi connectivity index (χ4v) is 2.05. The van der Waals surface area contributed by atoms with Crippen molar-refractivity contribution in [3.63, 3.8) is 0 Å². The number of rotatable bonds is 2. The summed E-state index contributed by atoms with van der Waals surface area (Å²) in [5.41, 5.74) is 9.39. The maximum atomic E-state index is 8.98. The molecular formula is C16H12N4. The minimum absolute atomic E-state index is 0.470. The molecule has 0 atom stereocenters. The highest BCUT2D eigenvalue weighted by Crippen LogP contribution is 2.23. The van der Waals surface area contributed by atoms with Crippen LogP contribution in [0.2, 0.25) is 0 Å². The van der Waals surface area contributed by atoms with Crippen LogP contribution < -0.4 is 11.1 Å². The molecule has 4 heteroatoms. The van der Waals surface area contributed by atoms with Gasteiger partial charge in [-0.05, 0) is 42.5 Å². The van der Waals surface area contributed by atoms with Gasteiger partial charge in [-0.3, -0.25) is 4.98 Å². The molecule has 2 aromatic carbocycles. The molecule has 1 heterocycles. The number of nitrogens with two attached hydrogens (primary N) is 1. The van der Waals surface area contributed by atoms with Crippen molar-refractivity contribution < 1.29 is 0 Å². The molecule has 20 heavy (non-hydrogen) atoms. The second kappa shape index (κ2) is 4.90. The van der Waals surface area contributed by atoms with E-state index in [0.717, 1.165) is 22.3 Å². The average molecular weight is 260 g/mol. The summed E-state index contributed by atoms with van der Waals surface area (Å²) >= 11 is 0. The van der Waals surface area contributed by atoms with Gasteiger partial charge in [0.15, 0.2) is 0 Å². The van der Waals surface area contributed by atoms with Gasteiger partial charge in [-0.15, -0.1) is 0 Å². The number of nitrogen functional groups attached to an aromatic ring is 1. The van der Waals surface area contributed by atoms with E-state index in [2.05, 4.69) is 16.4 Å². The lowest BCUT2D eigenvalue weighted by Crippen LogP contribution is -1.94. The van der Waals surface area contributed by atoms with Gasteiger partial charge in [0.1, 0.15) is 6.07 Å². The molecule has 0 aliphatic carbocycles. The van der Waals surface area contributed by atoms with Crippen LogP contribution in [0, 0.1) is 11.3 Å². The lowest BCUT2D eigenvalue weighted by atomic mass is 10.1. The Morgan fingerprint density at radius 2 is 1.85 bits per heavy atom. The SMILES string of the molecule is N#Cc1cc(Nc2ccc3ncccc3c2)ccc1N. The molecule has 4 nitrogen and oxygen atoms in total. The van der Waals surface area contributed by atoms with E-state index in [1.807, 2.05) is 36.4 Å². The first kappa shape index (κ1) is 12.0. The van der Waals surface area contributed by atoms with Crippen LogP contribution in [0.15, 0.2) is 54.7 Å². The lowest BCUT2D eigenvalue weighted by Gasteiger charge is -2.08. The Kier molecular flexibility index (Phi) is 2.94. The van der Waals surface area contributed by atoms with Gasteiger partial charge in [0, 0.05) is 28.6 Å². The van der Waals surface area contributed by atoms with E-state index >= 15 is 0 Å². The van der Waals surface area contributed by atoms with Gasteiger partial charge < -0.3 is 11.1 Å². The predicted molar refractivity (Wildman–Crippen MR) is 80.6 cm³/mol. The number of nitrogens with zero attached hydrogens (tertiary/aromatic N) is 2. The number of nitriles is 1. The smallest absolute Gasteiger partial charge is 0.101 e. The molecule has 0 amide bonds. The Balaban J connectivity index is 1.95. The van der Waals surface area contributed by atoms with Crippen molar-refractivity contribution in [3.05, 3.63) is 60.3 Å². The number of hydrogen-bond acceptors (Lipinski definition) is 4. The molecule has 0 saturated carbocycles. The molecule has 3 aromatic rings. The van der Waals surface area contributed by atoms with Crippen molar-refractivity contribution in [1.82, 2.24) is 4.98 Å². The second-order valence-corrected chi connectivity index (χ2v) is 4.45. The van der Waals surface area contributed by atoms with Gasteiger partial charge in [-0.1, -0.05) is 6.07 Å². The summed E-state index contributed by atoms with van der Waals surface area (Å²) in [6.07, 6.45) is 1.77. The molecular weight excluding hydrogens is 248 g/mol. The lowest BCUT2D eigenvalue weighted by molar-refractivity contribution is 1.41. The average Bonchev–Trinajstić information content (AvgIpc) is 2.49. The fraction of sp³-hybridized carbons (Fsp3) is 0. The van der Waals surface area contributed by atoms with Gasteiger partial charge >= 0.3 is 0 Å². The van der Waals surface area contributed by atoms with Crippen LogP contribution in [0.25, 0.3) is 10.9 Å². The molecule has 0 saturated heterocycles. The first-order valence-corrected chi connectivity index (χ1v) is 6.18. The number of pyridine rings is 1. The van der Waals surface area contributed by atoms with Crippen LogP contribution in [-0.2, 0) is 0 Å². The van der Waals surface area contributed by atoms with Gasteiger partial charge in [0.25, 0.3) is 0 Å². The molecule has 0 spiro atoms. The maximum Gasteiger partial charge on any atom is 0.101 e. The molecule has 0 aliphatic rings. The molecule has 0 aliphatic heterocycles. The third-order valence-corrected chi connectivity index (χ3v) is 3.07. The number of benzene rings is 2.